The summed E-state index contributed by atoms with van der Waals surface area (Å²) in [5.74, 6) is 0. The topological polar surface area (TPSA) is 12.5 Å². The average Bonchev–Trinajstić information content (AvgIpc) is 2.50. The van der Waals surface area contributed by atoms with Gasteiger partial charge in [0.1, 0.15) is 6.61 Å². The highest BCUT2D eigenvalue weighted by molar-refractivity contribution is 4.62. The third-order valence-corrected chi connectivity index (χ3v) is 0.363. The summed E-state index contributed by atoms with van der Waals surface area (Å²) in [6, 6.07) is 0. The zero-order chi connectivity index (χ0) is 9.33. The molecule has 0 radical (unpaired) electrons. The highest BCUT2D eigenvalue weighted by Gasteiger charge is 2.46. The molecule has 0 unspecified atom stereocenters. The molecule has 1 rings (SSSR count). The predicted molar refractivity (Wildman–Crippen MR) is 25.1 cm³/mol. The Hall–Kier alpha value is -0.460. The van der Waals surface area contributed by atoms with E-state index >= 15 is 0 Å². The van der Waals surface area contributed by atoms with Crippen LogP contribution in [0.25, 0.3) is 0 Å². The number of halogens is 6. The van der Waals surface area contributed by atoms with Gasteiger partial charge in [-0.1, -0.05) is 0 Å². The molecule has 1 heterocycles. The first-order valence-corrected chi connectivity index (χ1v) is 2.29. The standard InChI is InChI=1S/C2H2F2O.2CH2F2/c3-2(4)1-5-2;2*2-1-3/h1H2;2*1H2. The molecule has 1 aliphatic heterocycles. The van der Waals surface area contributed by atoms with Gasteiger partial charge in [0.25, 0.3) is 0 Å². The molecular weight excluding hydrogens is 178 g/mol. The second-order valence-electron chi connectivity index (χ2n) is 1.13. The average molecular weight is 184 g/mol. The Labute approximate surface area is 58.9 Å². The number of alkyl halides is 6. The molecule has 0 saturated carbocycles. The van der Waals surface area contributed by atoms with Crippen molar-refractivity contribution in [1.29, 1.82) is 0 Å². The third kappa shape index (κ3) is 26.3. The zero-order valence-corrected chi connectivity index (χ0v) is 5.30. The maximum atomic E-state index is 10.9. The fraction of sp³-hybridized carbons (Fsp3) is 1.00. The number of hydrogen-bond acceptors (Lipinski definition) is 1. The molecular formula is C4H6F6O. The maximum Gasteiger partial charge on any atom is 0.379 e. The summed E-state index contributed by atoms with van der Waals surface area (Å²) in [4.78, 5) is 0. The number of epoxide rings is 1. The van der Waals surface area contributed by atoms with Gasteiger partial charge in [-0.3, -0.25) is 0 Å². The van der Waals surface area contributed by atoms with Gasteiger partial charge in [-0.2, -0.15) is 8.78 Å². The van der Waals surface area contributed by atoms with Gasteiger partial charge in [0.15, 0.2) is 0 Å². The normalized spacial score (nSPS) is 16.9. The van der Waals surface area contributed by atoms with Crippen molar-refractivity contribution < 1.29 is 31.1 Å². The van der Waals surface area contributed by atoms with Crippen molar-refractivity contribution >= 4 is 0 Å². The lowest BCUT2D eigenvalue weighted by Gasteiger charge is -1.71. The summed E-state index contributed by atoms with van der Waals surface area (Å²) in [6.07, 6.45) is -2.75. The highest BCUT2D eigenvalue weighted by Crippen LogP contribution is 2.28. The van der Waals surface area contributed by atoms with Crippen molar-refractivity contribution in [3.63, 3.8) is 0 Å². The van der Waals surface area contributed by atoms with Gasteiger partial charge < -0.3 is 4.74 Å². The zero-order valence-electron chi connectivity index (χ0n) is 5.30. The molecule has 7 heteroatoms. The van der Waals surface area contributed by atoms with Gasteiger partial charge >= 0.3 is 6.11 Å². The molecule has 1 aliphatic rings. The minimum absolute atomic E-state index is 0.382. The van der Waals surface area contributed by atoms with Crippen LogP contribution >= 0.6 is 0 Å². The second-order valence-corrected chi connectivity index (χ2v) is 1.13. The Morgan fingerprint density at radius 3 is 1.09 bits per heavy atom. The van der Waals surface area contributed by atoms with Crippen LogP contribution in [0.2, 0.25) is 0 Å². The Balaban J connectivity index is 0. The summed E-state index contributed by atoms with van der Waals surface area (Å²) in [5, 5.41) is 0. The fourth-order valence-electron chi connectivity index (χ4n) is 0.0546. The summed E-state index contributed by atoms with van der Waals surface area (Å²) in [7, 11) is 0. The largest absolute Gasteiger partial charge is 0.379 e. The van der Waals surface area contributed by atoms with Gasteiger partial charge in [-0.05, 0) is 0 Å². The van der Waals surface area contributed by atoms with Gasteiger partial charge in [-0.25, -0.2) is 17.6 Å². The SMILES string of the molecule is FC1(F)CO1.FCF.FCF. The summed E-state index contributed by atoms with van der Waals surface area (Å²) < 4.78 is 63.9. The first-order chi connectivity index (χ1) is 5.04. The van der Waals surface area contributed by atoms with E-state index in [1.54, 1.807) is 0 Å². The summed E-state index contributed by atoms with van der Waals surface area (Å²) >= 11 is 0. The van der Waals surface area contributed by atoms with Crippen molar-refractivity contribution in [3.8, 4) is 0 Å². The fourth-order valence-corrected chi connectivity index (χ4v) is 0.0546. The molecule has 0 amide bonds. The van der Waals surface area contributed by atoms with E-state index < -0.39 is 20.0 Å². The number of rotatable bonds is 0. The van der Waals surface area contributed by atoms with E-state index in [-0.39, 0.29) is 6.61 Å². The van der Waals surface area contributed by atoms with Crippen LogP contribution in [0.5, 0.6) is 0 Å². The minimum atomic E-state index is -2.75. The Kier molecular flexibility index (Phi) is 9.14. The van der Waals surface area contributed by atoms with Crippen LogP contribution in [0, 0.1) is 0 Å². The van der Waals surface area contributed by atoms with Crippen molar-refractivity contribution in [1.82, 2.24) is 0 Å². The molecule has 1 saturated heterocycles. The van der Waals surface area contributed by atoms with Crippen LogP contribution in [0.4, 0.5) is 26.3 Å². The van der Waals surface area contributed by atoms with E-state index in [1.807, 2.05) is 0 Å². The van der Waals surface area contributed by atoms with E-state index in [0.29, 0.717) is 0 Å². The van der Waals surface area contributed by atoms with E-state index in [9.17, 15) is 26.3 Å². The lowest BCUT2D eigenvalue weighted by molar-refractivity contribution is 0.00173. The molecule has 1 nitrogen and oxygen atoms in total. The Morgan fingerprint density at radius 2 is 1.09 bits per heavy atom. The molecule has 0 aromatic rings. The Morgan fingerprint density at radius 1 is 1.00 bits per heavy atom. The van der Waals surface area contributed by atoms with Gasteiger partial charge in [0.05, 0.1) is 0 Å². The van der Waals surface area contributed by atoms with Crippen molar-refractivity contribution in [3.05, 3.63) is 0 Å². The van der Waals surface area contributed by atoms with Crippen LogP contribution < -0.4 is 0 Å². The van der Waals surface area contributed by atoms with E-state index in [1.165, 1.54) is 0 Å². The molecule has 70 valence electrons. The highest BCUT2D eigenvalue weighted by atomic mass is 19.3. The number of hydrogen-bond donors (Lipinski definition) is 0. The van der Waals surface area contributed by atoms with Gasteiger partial charge in [-0.15, -0.1) is 0 Å². The first-order valence-electron chi connectivity index (χ1n) is 2.29. The summed E-state index contributed by atoms with van der Waals surface area (Å²) in [6.45, 7) is -3.88. The lowest BCUT2D eigenvalue weighted by atomic mass is 10.9. The third-order valence-electron chi connectivity index (χ3n) is 0.363. The maximum absolute atomic E-state index is 10.9. The van der Waals surface area contributed by atoms with Crippen LogP contribution in [-0.4, -0.2) is 26.6 Å². The molecule has 0 aromatic carbocycles. The number of ether oxygens (including phenoxy) is 1. The van der Waals surface area contributed by atoms with Crippen LogP contribution in [0.15, 0.2) is 0 Å². The Bertz CT molecular complexity index is 69.0. The van der Waals surface area contributed by atoms with Crippen LogP contribution in [-0.2, 0) is 4.74 Å². The van der Waals surface area contributed by atoms with Crippen molar-refractivity contribution in [2.45, 2.75) is 6.11 Å². The molecule has 0 bridgehead atoms. The molecule has 0 aromatic heterocycles. The predicted octanol–water partition coefficient (Wildman–Crippen LogP) is 2.38. The van der Waals surface area contributed by atoms with Gasteiger partial charge in [0, 0.05) is 0 Å². The second kappa shape index (κ2) is 7.64. The van der Waals surface area contributed by atoms with Crippen molar-refractivity contribution in [2.24, 2.45) is 0 Å². The van der Waals surface area contributed by atoms with E-state index in [0.717, 1.165) is 0 Å². The quantitative estimate of drug-likeness (QED) is 0.416. The molecule has 11 heavy (non-hydrogen) atoms. The first kappa shape index (κ1) is 13.2. The molecule has 0 atom stereocenters. The molecule has 0 aliphatic carbocycles. The molecule has 1 fully saturated rings. The van der Waals surface area contributed by atoms with Gasteiger partial charge in [0.2, 0.25) is 13.9 Å². The van der Waals surface area contributed by atoms with E-state index in [2.05, 4.69) is 4.74 Å². The summed E-state index contributed by atoms with van der Waals surface area (Å²) in [5.41, 5.74) is 0. The van der Waals surface area contributed by atoms with E-state index in [4.69, 9.17) is 0 Å². The van der Waals surface area contributed by atoms with Crippen LogP contribution in [0.3, 0.4) is 0 Å². The monoisotopic (exact) mass is 184 g/mol. The molecule has 0 N–H and O–H groups in total. The smallest absolute Gasteiger partial charge is 0.309 e. The lowest BCUT2D eigenvalue weighted by Crippen LogP contribution is -1.83. The van der Waals surface area contributed by atoms with Crippen molar-refractivity contribution in [2.75, 3.05) is 20.5 Å². The van der Waals surface area contributed by atoms with Crippen LogP contribution in [0.1, 0.15) is 0 Å². The minimum Gasteiger partial charge on any atom is -0.309 e. The molecule has 0 spiro atoms.